The van der Waals surface area contributed by atoms with Gasteiger partial charge in [0.05, 0.1) is 17.1 Å². The molecule has 0 aromatic carbocycles. The van der Waals surface area contributed by atoms with Gasteiger partial charge in [0.2, 0.25) is 5.91 Å². The zero-order valence-electron chi connectivity index (χ0n) is 16.3. The van der Waals surface area contributed by atoms with E-state index in [0.717, 1.165) is 36.4 Å². The van der Waals surface area contributed by atoms with Crippen LogP contribution in [0.2, 0.25) is 0 Å². The van der Waals surface area contributed by atoms with Crippen molar-refractivity contribution < 1.29 is 9.59 Å². The standard InChI is InChI=1S/C19H26N6O2/c1-12(2)25-17-15(10-20-25)14(9-13(3)21-17)18(26)24-8-7-23-6-5-22(4)19(27)16(23)11-24/h9-10,12,16H,5-8,11H2,1-4H3/t16-/m0/s1. The lowest BCUT2D eigenvalue weighted by Gasteiger charge is -2.45. The second-order valence-electron chi connectivity index (χ2n) is 7.79. The van der Waals surface area contributed by atoms with E-state index in [2.05, 4.69) is 15.0 Å². The average Bonchev–Trinajstić information content (AvgIpc) is 3.07. The van der Waals surface area contributed by atoms with Crippen molar-refractivity contribution in [3.63, 3.8) is 0 Å². The Morgan fingerprint density at radius 1 is 1.22 bits per heavy atom. The number of fused-ring (bicyclic) bond motifs is 2. The molecule has 4 rings (SSSR count). The molecule has 0 spiro atoms. The van der Waals surface area contributed by atoms with E-state index in [9.17, 15) is 9.59 Å². The minimum absolute atomic E-state index is 0.0468. The Morgan fingerprint density at radius 3 is 2.70 bits per heavy atom. The van der Waals surface area contributed by atoms with Gasteiger partial charge in [0, 0.05) is 51.5 Å². The lowest BCUT2D eigenvalue weighted by Crippen LogP contribution is -2.64. The molecule has 2 aliphatic rings. The number of piperazine rings is 2. The molecule has 8 nitrogen and oxygen atoms in total. The minimum Gasteiger partial charge on any atom is -0.343 e. The fourth-order valence-electron chi connectivity index (χ4n) is 4.02. The number of nitrogens with zero attached hydrogens (tertiary/aromatic N) is 6. The van der Waals surface area contributed by atoms with Gasteiger partial charge in [0.1, 0.15) is 6.04 Å². The van der Waals surface area contributed by atoms with Crippen molar-refractivity contribution in [2.75, 3.05) is 39.8 Å². The number of pyridine rings is 1. The number of rotatable bonds is 2. The number of likely N-dealkylation sites (N-methyl/N-ethyl adjacent to an activating group) is 1. The molecule has 2 aliphatic heterocycles. The zero-order chi connectivity index (χ0) is 19.3. The van der Waals surface area contributed by atoms with Crippen LogP contribution in [0.5, 0.6) is 0 Å². The molecule has 0 aliphatic carbocycles. The summed E-state index contributed by atoms with van der Waals surface area (Å²) in [5, 5.41) is 5.20. The van der Waals surface area contributed by atoms with Crippen LogP contribution < -0.4 is 0 Å². The molecule has 2 saturated heterocycles. The van der Waals surface area contributed by atoms with Crippen LogP contribution in [0.4, 0.5) is 0 Å². The fraction of sp³-hybridized carbons (Fsp3) is 0.579. The third-order valence-electron chi connectivity index (χ3n) is 5.58. The van der Waals surface area contributed by atoms with E-state index in [1.54, 1.807) is 16.0 Å². The van der Waals surface area contributed by atoms with Crippen molar-refractivity contribution in [1.29, 1.82) is 0 Å². The molecule has 0 unspecified atom stereocenters. The number of carbonyl (C=O) groups is 2. The van der Waals surface area contributed by atoms with Gasteiger partial charge < -0.3 is 9.80 Å². The molecule has 0 bridgehead atoms. The van der Waals surface area contributed by atoms with Crippen molar-refractivity contribution in [2.45, 2.75) is 32.9 Å². The number of carbonyl (C=O) groups excluding carboxylic acids is 2. The topological polar surface area (TPSA) is 74.6 Å². The summed E-state index contributed by atoms with van der Waals surface area (Å²) < 4.78 is 1.84. The number of hydrogen-bond acceptors (Lipinski definition) is 5. The van der Waals surface area contributed by atoms with Crippen molar-refractivity contribution in [3.05, 3.63) is 23.5 Å². The van der Waals surface area contributed by atoms with E-state index in [1.807, 2.05) is 38.6 Å². The smallest absolute Gasteiger partial charge is 0.254 e. The monoisotopic (exact) mass is 370 g/mol. The Kier molecular flexibility index (Phi) is 4.38. The predicted octanol–water partition coefficient (Wildman–Crippen LogP) is 0.919. The first-order valence-electron chi connectivity index (χ1n) is 9.50. The van der Waals surface area contributed by atoms with E-state index in [0.29, 0.717) is 18.7 Å². The number of aryl methyl sites for hydroxylation is 1. The molecule has 2 aromatic heterocycles. The summed E-state index contributed by atoms with van der Waals surface area (Å²) >= 11 is 0. The first kappa shape index (κ1) is 17.9. The number of amides is 2. The summed E-state index contributed by atoms with van der Waals surface area (Å²) in [6, 6.07) is 1.76. The maximum Gasteiger partial charge on any atom is 0.254 e. The molecule has 2 fully saturated rings. The highest BCUT2D eigenvalue weighted by Gasteiger charge is 2.39. The van der Waals surface area contributed by atoms with Gasteiger partial charge in [0.15, 0.2) is 5.65 Å². The zero-order valence-corrected chi connectivity index (χ0v) is 16.3. The summed E-state index contributed by atoms with van der Waals surface area (Å²) in [6.07, 6.45) is 1.73. The first-order chi connectivity index (χ1) is 12.9. The Morgan fingerprint density at radius 2 is 1.96 bits per heavy atom. The van der Waals surface area contributed by atoms with E-state index >= 15 is 0 Å². The maximum atomic E-state index is 13.3. The maximum absolute atomic E-state index is 13.3. The highest BCUT2D eigenvalue weighted by atomic mass is 16.2. The Balaban J connectivity index is 1.66. The third-order valence-corrected chi connectivity index (χ3v) is 5.58. The van der Waals surface area contributed by atoms with Crippen LogP contribution in [-0.2, 0) is 4.79 Å². The molecule has 0 radical (unpaired) electrons. The molecule has 144 valence electrons. The Hall–Kier alpha value is -2.48. The van der Waals surface area contributed by atoms with Crippen LogP contribution in [-0.4, -0.2) is 87.1 Å². The molecule has 0 N–H and O–H groups in total. The lowest BCUT2D eigenvalue weighted by atomic mass is 10.1. The quantitative estimate of drug-likeness (QED) is 0.786. The first-order valence-corrected chi connectivity index (χ1v) is 9.50. The average molecular weight is 370 g/mol. The molecular formula is C19H26N6O2. The molecule has 2 aromatic rings. The van der Waals surface area contributed by atoms with Crippen molar-refractivity contribution in [1.82, 2.24) is 29.5 Å². The lowest BCUT2D eigenvalue weighted by molar-refractivity contribution is -0.142. The Labute approximate surface area is 158 Å². The summed E-state index contributed by atoms with van der Waals surface area (Å²) in [5.74, 6) is 0.0527. The molecule has 2 amide bonds. The van der Waals surface area contributed by atoms with E-state index in [4.69, 9.17) is 0 Å². The van der Waals surface area contributed by atoms with Gasteiger partial charge in [-0.2, -0.15) is 5.10 Å². The number of hydrogen-bond donors (Lipinski definition) is 0. The second kappa shape index (κ2) is 6.60. The van der Waals surface area contributed by atoms with Crippen LogP contribution in [0, 0.1) is 6.92 Å². The van der Waals surface area contributed by atoms with Crippen molar-refractivity contribution >= 4 is 22.8 Å². The van der Waals surface area contributed by atoms with E-state index < -0.39 is 0 Å². The predicted molar refractivity (Wildman–Crippen MR) is 102 cm³/mol. The fourth-order valence-corrected chi connectivity index (χ4v) is 4.02. The van der Waals surface area contributed by atoms with Crippen LogP contribution in [0.1, 0.15) is 35.9 Å². The summed E-state index contributed by atoms with van der Waals surface area (Å²) in [4.78, 5) is 36.2. The van der Waals surface area contributed by atoms with Gasteiger partial charge in [0.25, 0.3) is 5.91 Å². The molecule has 4 heterocycles. The van der Waals surface area contributed by atoms with E-state index in [-0.39, 0.29) is 23.9 Å². The normalized spacial score (nSPS) is 21.2. The summed E-state index contributed by atoms with van der Waals surface area (Å²) in [7, 11) is 1.83. The second-order valence-corrected chi connectivity index (χ2v) is 7.79. The molecule has 1 atom stereocenters. The van der Waals surface area contributed by atoms with Gasteiger partial charge >= 0.3 is 0 Å². The van der Waals surface area contributed by atoms with Gasteiger partial charge in [-0.1, -0.05) is 0 Å². The molecule has 27 heavy (non-hydrogen) atoms. The van der Waals surface area contributed by atoms with E-state index in [1.165, 1.54) is 0 Å². The van der Waals surface area contributed by atoms with Gasteiger partial charge in [-0.05, 0) is 26.8 Å². The van der Waals surface area contributed by atoms with Crippen LogP contribution in [0.25, 0.3) is 11.0 Å². The van der Waals surface area contributed by atoms with Gasteiger partial charge in [-0.3, -0.25) is 14.5 Å². The molecular weight excluding hydrogens is 344 g/mol. The SMILES string of the molecule is Cc1cc(C(=O)N2CCN3CCN(C)C(=O)[C@@H]3C2)c2cnn(C(C)C)c2n1. The minimum atomic E-state index is -0.238. The molecule has 8 heteroatoms. The molecule has 0 saturated carbocycles. The van der Waals surface area contributed by atoms with Crippen molar-refractivity contribution in [3.8, 4) is 0 Å². The summed E-state index contributed by atoms with van der Waals surface area (Å²) in [5.41, 5.74) is 2.15. The highest BCUT2D eigenvalue weighted by Crippen LogP contribution is 2.24. The largest absolute Gasteiger partial charge is 0.343 e. The Bertz CT molecular complexity index is 905. The van der Waals surface area contributed by atoms with Gasteiger partial charge in [-0.15, -0.1) is 0 Å². The third kappa shape index (κ3) is 2.97. The van der Waals surface area contributed by atoms with Crippen LogP contribution in [0.3, 0.4) is 0 Å². The van der Waals surface area contributed by atoms with Crippen molar-refractivity contribution in [2.24, 2.45) is 0 Å². The van der Waals surface area contributed by atoms with Crippen LogP contribution in [0.15, 0.2) is 12.3 Å². The highest BCUT2D eigenvalue weighted by molar-refractivity contribution is 6.05. The van der Waals surface area contributed by atoms with Gasteiger partial charge in [-0.25, -0.2) is 9.67 Å². The van der Waals surface area contributed by atoms with Crippen LogP contribution >= 0.6 is 0 Å². The number of aromatic nitrogens is 3. The summed E-state index contributed by atoms with van der Waals surface area (Å²) in [6.45, 7) is 9.40.